The molecule has 0 aliphatic heterocycles. The molecule has 4 nitrogen and oxygen atoms in total. The molecule has 0 rings (SSSR count). The van der Waals surface area contributed by atoms with Gasteiger partial charge in [0.05, 0.1) is 5.60 Å². The van der Waals surface area contributed by atoms with Crippen LogP contribution < -0.4 is 0 Å². The van der Waals surface area contributed by atoms with Crippen molar-refractivity contribution in [2.24, 2.45) is 0 Å². The second-order valence-electron chi connectivity index (χ2n) is 2.54. The van der Waals surface area contributed by atoms with E-state index in [1.807, 2.05) is 0 Å². The fourth-order valence-corrected chi connectivity index (χ4v) is 1.34. The summed E-state index contributed by atoms with van der Waals surface area (Å²) in [5.74, 6) is -0.625. The van der Waals surface area contributed by atoms with E-state index in [4.69, 9.17) is 9.66 Å². The first-order valence-electron chi connectivity index (χ1n) is 2.38. The third kappa shape index (κ3) is 11.6. The summed E-state index contributed by atoms with van der Waals surface area (Å²) in [7, 11) is -4.03. The second-order valence-corrected chi connectivity index (χ2v) is 3.99. The minimum atomic E-state index is -4.03. The summed E-state index contributed by atoms with van der Waals surface area (Å²) < 4.78 is 28.3. The van der Waals surface area contributed by atoms with E-state index in [1.165, 1.54) is 13.8 Å². The quantitative estimate of drug-likeness (QED) is 0.420. The molecule has 0 bridgehead atoms. The third-order valence-corrected chi connectivity index (χ3v) is 1.61. The number of rotatable bonds is 2. The van der Waals surface area contributed by atoms with Crippen molar-refractivity contribution in [1.29, 1.82) is 0 Å². The number of hydrogen-bond acceptors (Lipinski definition) is 3. The first kappa shape index (κ1) is 13.5. The molecule has 0 spiro atoms. The van der Waals surface area contributed by atoms with Gasteiger partial charge in [0, 0.05) is 0 Å². The molecule has 0 unspecified atom stereocenters. The molecule has 0 radical (unpaired) electrons. The van der Waals surface area contributed by atoms with Crippen LogP contribution in [0.15, 0.2) is 0 Å². The molecule has 58 valence electrons. The SMILES string of the molecule is CC(C)(O)CS(=O)(=O)O.[NaH]. The van der Waals surface area contributed by atoms with Gasteiger partial charge in [0.25, 0.3) is 10.1 Å². The Hall–Kier alpha value is 0.870. The summed E-state index contributed by atoms with van der Waals surface area (Å²) in [6, 6.07) is 0. The maximum absolute atomic E-state index is 10.0. The molecule has 0 amide bonds. The van der Waals surface area contributed by atoms with Crippen LogP contribution in [0, 0.1) is 0 Å². The Morgan fingerprint density at radius 3 is 1.70 bits per heavy atom. The van der Waals surface area contributed by atoms with Gasteiger partial charge >= 0.3 is 29.6 Å². The molecule has 0 aromatic carbocycles. The molecule has 0 aromatic heterocycles. The second kappa shape index (κ2) is 4.04. The molecule has 0 aliphatic rings. The van der Waals surface area contributed by atoms with E-state index in [-0.39, 0.29) is 29.6 Å². The van der Waals surface area contributed by atoms with Gasteiger partial charge in [-0.2, -0.15) is 8.42 Å². The van der Waals surface area contributed by atoms with Gasteiger partial charge in [0.15, 0.2) is 0 Å². The summed E-state index contributed by atoms with van der Waals surface area (Å²) in [5, 5.41) is 8.81. The number of hydrogen-bond donors (Lipinski definition) is 2. The van der Waals surface area contributed by atoms with E-state index in [9.17, 15) is 8.42 Å². The molecule has 10 heavy (non-hydrogen) atoms. The van der Waals surface area contributed by atoms with Crippen molar-refractivity contribution in [1.82, 2.24) is 0 Å². The van der Waals surface area contributed by atoms with Crippen LogP contribution in [0.2, 0.25) is 0 Å². The molecule has 0 saturated heterocycles. The van der Waals surface area contributed by atoms with Gasteiger partial charge in [-0.15, -0.1) is 0 Å². The Bertz CT molecular complexity index is 178. The van der Waals surface area contributed by atoms with Crippen molar-refractivity contribution in [3.05, 3.63) is 0 Å². The molecular weight excluding hydrogens is 167 g/mol. The van der Waals surface area contributed by atoms with E-state index < -0.39 is 21.5 Å². The van der Waals surface area contributed by atoms with E-state index in [1.54, 1.807) is 0 Å². The standard InChI is InChI=1S/C4H10O4S.Na.H/c1-4(2,5)3-9(6,7)8;;/h5H,3H2,1-2H3,(H,6,7,8);;. The molecular formula is C4H11NaO4S. The molecule has 0 aliphatic carbocycles. The molecule has 0 saturated carbocycles. The summed E-state index contributed by atoms with van der Waals surface area (Å²) in [6.45, 7) is 2.61. The summed E-state index contributed by atoms with van der Waals surface area (Å²) in [6.07, 6.45) is 0. The van der Waals surface area contributed by atoms with Crippen molar-refractivity contribution in [2.75, 3.05) is 5.75 Å². The first-order chi connectivity index (χ1) is 3.71. The molecule has 0 aromatic rings. The van der Waals surface area contributed by atoms with Crippen LogP contribution >= 0.6 is 0 Å². The summed E-state index contributed by atoms with van der Waals surface area (Å²) in [5.41, 5.74) is -1.35. The van der Waals surface area contributed by atoms with Gasteiger partial charge in [-0.1, -0.05) is 0 Å². The normalized spacial score (nSPS) is 12.4. The van der Waals surface area contributed by atoms with E-state index in [0.29, 0.717) is 0 Å². The minimum absolute atomic E-state index is 0. The van der Waals surface area contributed by atoms with E-state index >= 15 is 0 Å². The monoisotopic (exact) mass is 178 g/mol. The summed E-state index contributed by atoms with van der Waals surface area (Å²) >= 11 is 0. The molecule has 0 atom stereocenters. The van der Waals surface area contributed by atoms with Crippen molar-refractivity contribution in [3.8, 4) is 0 Å². The van der Waals surface area contributed by atoms with Gasteiger partial charge in [0.1, 0.15) is 5.75 Å². The van der Waals surface area contributed by atoms with Crippen molar-refractivity contribution in [3.63, 3.8) is 0 Å². The molecule has 0 heterocycles. The van der Waals surface area contributed by atoms with Crippen LogP contribution in [-0.2, 0) is 10.1 Å². The zero-order chi connectivity index (χ0) is 7.71. The Labute approximate surface area is 82.7 Å². The third-order valence-electron chi connectivity index (χ3n) is 0.536. The van der Waals surface area contributed by atoms with Gasteiger partial charge in [-0.25, -0.2) is 0 Å². The average Bonchev–Trinajstić information content (AvgIpc) is 1.14. The van der Waals surface area contributed by atoms with Crippen LogP contribution in [0.4, 0.5) is 0 Å². The van der Waals surface area contributed by atoms with Crippen molar-refractivity contribution in [2.45, 2.75) is 19.4 Å². The zero-order valence-corrected chi connectivity index (χ0v) is 6.14. The Morgan fingerprint density at radius 1 is 1.40 bits per heavy atom. The van der Waals surface area contributed by atoms with Crippen molar-refractivity contribution >= 4 is 39.7 Å². The van der Waals surface area contributed by atoms with Gasteiger partial charge in [0.2, 0.25) is 0 Å². The van der Waals surface area contributed by atoms with Gasteiger partial charge in [-0.05, 0) is 13.8 Å². The fourth-order valence-electron chi connectivity index (χ4n) is 0.446. The first-order valence-corrected chi connectivity index (χ1v) is 3.99. The fraction of sp³-hybridized carbons (Fsp3) is 1.00. The van der Waals surface area contributed by atoms with Crippen LogP contribution in [0.25, 0.3) is 0 Å². The topological polar surface area (TPSA) is 74.6 Å². The Balaban J connectivity index is 0. The van der Waals surface area contributed by atoms with Crippen LogP contribution in [0.5, 0.6) is 0 Å². The van der Waals surface area contributed by atoms with Gasteiger partial charge < -0.3 is 5.11 Å². The average molecular weight is 178 g/mol. The van der Waals surface area contributed by atoms with Crippen LogP contribution in [0.3, 0.4) is 0 Å². The van der Waals surface area contributed by atoms with E-state index in [2.05, 4.69) is 0 Å². The Morgan fingerprint density at radius 2 is 1.70 bits per heavy atom. The van der Waals surface area contributed by atoms with Crippen molar-refractivity contribution < 1.29 is 18.1 Å². The Kier molecular flexibility index (Phi) is 5.43. The van der Waals surface area contributed by atoms with Crippen LogP contribution in [-0.4, -0.2) is 59.0 Å². The summed E-state index contributed by atoms with van der Waals surface area (Å²) in [4.78, 5) is 0. The zero-order valence-electron chi connectivity index (χ0n) is 5.33. The predicted octanol–water partition coefficient (Wildman–Crippen LogP) is -1.00. The maximum atomic E-state index is 10.0. The molecule has 0 fully saturated rings. The predicted molar refractivity (Wildman–Crippen MR) is 39.9 cm³/mol. The van der Waals surface area contributed by atoms with Crippen LogP contribution in [0.1, 0.15) is 13.8 Å². The molecule has 2 N–H and O–H groups in total. The number of aliphatic hydroxyl groups is 1. The van der Waals surface area contributed by atoms with E-state index in [0.717, 1.165) is 0 Å². The van der Waals surface area contributed by atoms with Gasteiger partial charge in [-0.3, -0.25) is 4.55 Å². The molecule has 6 heteroatoms.